The topological polar surface area (TPSA) is 39.3 Å². The summed E-state index contributed by atoms with van der Waals surface area (Å²) in [6.45, 7) is 6.54. The van der Waals surface area contributed by atoms with Crippen LogP contribution < -0.4 is 0 Å². The number of rotatable bonds is 4. The van der Waals surface area contributed by atoms with Gasteiger partial charge in [0.25, 0.3) is 0 Å². The zero-order valence-corrected chi connectivity index (χ0v) is 16.6. The number of benzene rings is 1. The second-order valence-electron chi connectivity index (χ2n) is 9.65. The molecule has 6 rings (SSSR count). The van der Waals surface area contributed by atoms with E-state index in [2.05, 4.69) is 49.0 Å². The standard InChI is InChI=1S/C23H31FN2O/c1-13-4-5-20-22(15(13)3)19(12-25-20)14(2)6-21(27)26-17-7-16-8-18(26)11-23(24,9-16)10-17/h4-5,12,14,16-18,21,25,27H,6-11H2,1-3H3. The van der Waals surface area contributed by atoms with Crippen LogP contribution in [0.3, 0.4) is 0 Å². The number of aliphatic hydroxyl groups excluding tert-OH is 1. The van der Waals surface area contributed by atoms with Crippen molar-refractivity contribution in [1.82, 2.24) is 9.88 Å². The molecule has 0 amide bonds. The van der Waals surface area contributed by atoms with E-state index in [9.17, 15) is 9.50 Å². The summed E-state index contributed by atoms with van der Waals surface area (Å²) in [6, 6.07) is 4.77. The number of aromatic amines is 1. The van der Waals surface area contributed by atoms with Gasteiger partial charge in [-0.1, -0.05) is 13.0 Å². The molecular formula is C23H31FN2O. The summed E-state index contributed by atoms with van der Waals surface area (Å²) in [6.07, 6.45) is 6.47. The van der Waals surface area contributed by atoms with Gasteiger partial charge in [0.1, 0.15) is 11.9 Å². The van der Waals surface area contributed by atoms with Crippen molar-refractivity contribution < 1.29 is 9.50 Å². The molecule has 4 heteroatoms. The van der Waals surface area contributed by atoms with E-state index in [1.165, 1.54) is 27.6 Å². The van der Waals surface area contributed by atoms with Crippen LogP contribution in [0.5, 0.6) is 0 Å². The van der Waals surface area contributed by atoms with Crippen LogP contribution in [0.4, 0.5) is 4.39 Å². The van der Waals surface area contributed by atoms with Gasteiger partial charge >= 0.3 is 0 Å². The molecule has 4 atom stereocenters. The van der Waals surface area contributed by atoms with Crippen molar-refractivity contribution in [2.45, 2.75) is 89.2 Å². The van der Waals surface area contributed by atoms with Gasteiger partial charge in [-0.05, 0) is 87.0 Å². The van der Waals surface area contributed by atoms with E-state index >= 15 is 0 Å². The van der Waals surface area contributed by atoms with Crippen LogP contribution in [0.15, 0.2) is 18.3 Å². The Hall–Kier alpha value is -1.39. The van der Waals surface area contributed by atoms with E-state index in [1.807, 2.05) is 0 Å². The minimum Gasteiger partial charge on any atom is -0.378 e. The van der Waals surface area contributed by atoms with E-state index in [0.29, 0.717) is 25.2 Å². The van der Waals surface area contributed by atoms with Crippen molar-refractivity contribution >= 4 is 10.9 Å². The van der Waals surface area contributed by atoms with E-state index in [4.69, 9.17) is 0 Å². The molecule has 2 saturated heterocycles. The fraction of sp³-hybridized carbons (Fsp3) is 0.652. The van der Waals surface area contributed by atoms with Gasteiger partial charge in [-0.25, -0.2) is 4.39 Å². The Balaban J connectivity index is 1.37. The number of aryl methyl sites for hydroxylation is 2. The molecule has 2 aromatic rings. The summed E-state index contributed by atoms with van der Waals surface area (Å²) in [4.78, 5) is 5.68. The lowest BCUT2D eigenvalue weighted by Crippen LogP contribution is -2.65. The monoisotopic (exact) mass is 370 g/mol. The van der Waals surface area contributed by atoms with Crippen LogP contribution in [-0.2, 0) is 0 Å². The van der Waals surface area contributed by atoms with Crippen LogP contribution in [0.25, 0.3) is 10.9 Å². The van der Waals surface area contributed by atoms with Crippen molar-refractivity contribution in [2.24, 2.45) is 5.92 Å². The summed E-state index contributed by atoms with van der Waals surface area (Å²) in [7, 11) is 0. The Morgan fingerprint density at radius 3 is 2.59 bits per heavy atom. The van der Waals surface area contributed by atoms with Crippen molar-refractivity contribution in [1.29, 1.82) is 0 Å². The van der Waals surface area contributed by atoms with Gasteiger partial charge in [-0.2, -0.15) is 0 Å². The van der Waals surface area contributed by atoms with Crippen LogP contribution in [-0.4, -0.2) is 39.0 Å². The number of hydrogen-bond donors (Lipinski definition) is 2. The third kappa shape index (κ3) is 2.75. The highest BCUT2D eigenvalue weighted by Gasteiger charge is 2.56. The quantitative estimate of drug-likeness (QED) is 0.799. The molecule has 3 nitrogen and oxygen atoms in total. The molecular weight excluding hydrogens is 339 g/mol. The van der Waals surface area contributed by atoms with Gasteiger partial charge in [-0.3, -0.25) is 4.90 Å². The SMILES string of the molecule is Cc1ccc2[nH]cc(C(C)CC(O)N3C4CC5CC3CC(F)(C5)C4)c2c1C. The molecule has 4 unspecified atom stereocenters. The lowest BCUT2D eigenvalue weighted by molar-refractivity contribution is -0.176. The number of H-pyrrole nitrogens is 1. The largest absolute Gasteiger partial charge is 0.378 e. The van der Waals surface area contributed by atoms with Gasteiger partial charge < -0.3 is 10.1 Å². The first-order valence-electron chi connectivity index (χ1n) is 10.6. The first-order chi connectivity index (χ1) is 12.8. The van der Waals surface area contributed by atoms with E-state index < -0.39 is 11.9 Å². The number of aliphatic hydroxyl groups is 1. The second-order valence-corrected chi connectivity index (χ2v) is 9.65. The third-order valence-corrected chi connectivity index (χ3v) is 7.76. The lowest BCUT2D eigenvalue weighted by Gasteiger charge is -2.60. The highest BCUT2D eigenvalue weighted by atomic mass is 19.1. The fourth-order valence-corrected chi connectivity index (χ4v) is 6.54. The lowest BCUT2D eigenvalue weighted by atomic mass is 9.62. The summed E-state index contributed by atoms with van der Waals surface area (Å²) in [5.74, 6) is 0.790. The number of aromatic nitrogens is 1. The van der Waals surface area contributed by atoms with Crippen molar-refractivity contribution in [3.05, 3.63) is 35.0 Å². The van der Waals surface area contributed by atoms with E-state index in [1.54, 1.807) is 0 Å². The molecule has 27 heavy (non-hydrogen) atoms. The highest BCUT2D eigenvalue weighted by Crippen LogP contribution is 2.54. The van der Waals surface area contributed by atoms with Gasteiger partial charge in [0, 0.05) is 29.2 Å². The minimum atomic E-state index is -0.955. The van der Waals surface area contributed by atoms with Gasteiger partial charge in [0.15, 0.2) is 0 Å². The zero-order chi connectivity index (χ0) is 18.9. The highest BCUT2D eigenvalue weighted by molar-refractivity contribution is 5.88. The average Bonchev–Trinajstić information content (AvgIpc) is 3.01. The van der Waals surface area contributed by atoms with Crippen molar-refractivity contribution in [3.8, 4) is 0 Å². The molecule has 1 aromatic carbocycles. The Morgan fingerprint density at radius 1 is 1.22 bits per heavy atom. The van der Waals surface area contributed by atoms with Gasteiger partial charge in [-0.15, -0.1) is 0 Å². The number of halogens is 1. The van der Waals surface area contributed by atoms with Crippen LogP contribution >= 0.6 is 0 Å². The maximum absolute atomic E-state index is 15.0. The van der Waals surface area contributed by atoms with Gasteiger partial charge in [0.2, 0.25) is 0 Å². The molecule has 2 aliphatic heterocycles. The minimum absolute atomic E-state index is 0.232. The number of fused-ring (bicyclic) bond motifs is 1. The molecule has 2 aliphatic carbocycles. The fourth-order valence-electron chi connectivity index (χ4n) is 6.54. The van der Waals surface area contributed by atoms with Crippen LogP contribution in [0.1, 0.15) is 68.1 Å². The van der Waals surface area contributed by atoms with Crippen molar-refractivity contribution in [2.75, 3.05) is 0 Å². The van der Waals surface area contributed by atoms with E-state index in [0.717, 1.165) is 19.3 Å². The van der Waals surface area contributed by atoms with Gasteiger partial charge in [0.05, 0.1) is 0 Å². The molecule has 146 valence electrons. The summed E-state index contributed by atoms with van der Waals surface area (Å²) < 4.78 is 15.0. The molecule has 0 radical (unpaired) electrons. The number of piperidine rings is 2. The maximum atomic E-state index is 15.0. The Kier molecular flexibility index (Phi) is 3.97. The molecule has 4 fully saturated rings. The Morgan fingerprint density at radius 2 is 1.93 bits per heavy atom. The molecule has 4 bridgehead atoms. The Bertz CT molecular complexity index is 859. The predicted molar refractivity (Wildman–Crippen MR) is 107 cm³/mol. The first-order valence-corrected chi connectivity index (χ1v) is 10.6. The number of nitrogens with zero attached hydrogens (tertiary/aromatic N) is 1. The van der Waals surface area contributed by atoms with E-state index in [-0.39, 0.29) is 18.0 Å². The first kappa shape index (κ1) is 17.7. The average molecular weight is 371 g/mol. The summed E-state index contributed by atoms with van der Waals surface area (Å²) in [5, 5.41) is 12.4. The normalized spacial score (nSPS) is 35.1. The second kappa shape index (κ2) is 6.05. The summed E-state index contributed by atoms with van der Waals surface area (Å²) in [5.41, 5.74) is 4.12. The summed E-state index contributed by atoms with van der Waals surface area (Å²) >= 11 is 0. The molecule has 1 aromatic heterocycles. The molecule has 4 aliphatic rings. The van der Waals surface area contributed by atoms with Crippen molar-refractivity contribution in [3.63, 3.8) is 0 Å². The number of alkyl halides is 1. The van der Waals surface area contributed by atoms with Crippen LogP contribution in [0.2, 0.25) is 0 Å². The Labute approximate surface area is 160 Å². The predicted octanol–water partition coefficient (Wildman–Crippen LogP) is 4.95. The molecule has 2 saturated carbocycles. The smallest absolute Gasteiger partial charge is 0.114 e. The van der Waals surface area contributed by atoms with Crippen LogP contribution in [0, 0.1) is 19.8 Å². The number of nitrogens with one attached hydrogen (secondary N) is 1. The molecule has 0 spiro atoms. The third-order valence-electron chi connectivity index (χ3n) is 7.76. The molecule has 2 N–H and O–H groups in total. The number of hydrogen-bond acceptors (Lipinski definition) is 2. The molecule has 3 heterocycles. The maximum Gasteiger partial charge on any atom is 0.114 e. The zero-order valence-electron chi connectivity index (χ0n) is 16.6.